The van der Waals surface area contributed by atoms with Gasteiger partial charge in [-0.25, -0.2) is 0 Å². The fourth-order valence-corrected chi connectivity index (χ4v) is 3.97. The van der Waals surface area contributed by atoms with Crippen molar-refractivity contribution in [1.29, 1.82) is 5.26 Å². The summed E-state index contributed by atoms with van der Waals surface area (Å²) in [6, 6.07) is 12.7. The molecular weight excluding hydrogens is 348 g/mol. The summed E-state index contributed by atoms with van der Waals surface area (Å²) in [7, 11) is -4.20. The number of fused-ring (bicyclic) bond motifs is 1. The van der Waals surface area contributed by atoms with Gasteiger partial charge in [-0.05, 0) is 68.0 Å². The number of nitrogens with one attached hydrogen (secondary N) is 1. The van der Waals surface area contributed by atoms with Crippen molar-refractivity contribution in [2.75, 3.05) is 0 Å². The molecule has 0 bridgehead atoms. The summed E-state index contributed by atoms with van der Waals surface area (Å²) < 4.78 is 32.4. The number of hydrogen-bond acceptors (Lipinski definition) is 3. The molecule has 0 saturated carbocycles. The van der Waals surface area contributed by atoms with E-state index in [-0.39, 0.29) is 4.90 Å². The van der Waals surface area contributed by atoms with Crippen LogP contribution in [0.5, 0.6) is 0 Å². The van der Waals surface area contributed by atoms with Crippen molar-refractivity contribution in [3.63, 3.8) is 0 Å². The lowest BCUT2D eigenvalue weighted by atomic mass is 10.0. The van der Waals surface area contributed by atoms with Gasteiger partial charge in [0, 0.05) is 17.1 Å². The van der Waals surface area contributed by atoms with E-state index in [0.29, 0.717) is 17.5 Å². The van der Waals surface area contributed by atoms with Crippen LogP contribution in [-0.2, 0) is 23.0 Å². The molecule has 0 radical (unpaired) electrons. The number of aromatic amines is 1. The highest BCUT2D eigenvalue weighted by Gasteiger charge is 2.15. The van der Waals surface area contributed by atoms with E-state index in [1.54, 1.807) is 12.1 Å². The van der Waals surface area contributed by atoms with Crippen molar-refractivity contribution in [1.82, 2.24) is 4.98 Å². The Morgan fingerprint density at radius 3 is 2.50 bits per heavy atom. The molecule has 6 heteroatoms. The van der Waals surface area contributed by atoms with Crippen molar-refractivity contribution in [3.05, 3.63) is 64.8 Å². The fourth-order valence-electron chi connectivity index (χ4n) is 3.24. The molecule has 0 aliphatic heterocycles. The highest BCUT2D eigenvalue weighted by atomic mass is 32.2. The molecule has 1 heterocycles. The maximum Gasteiger partial charge on any atom is 0.294 e. The zero-order valence-electron chi connectivity index (χ0n) is 14.5. The molecule has 0 atom stereocenters. The molecule has 3 rings (SSSR count). The monoisotopic (exact) mass is 368 g/mol. The summed E-state index contributed by atoms with van der Waals surface area (Å²) in [5.41, 5.74) is 4.41. The van der Waals surface area contributed by atoms with Gasteiger partial charge in [-0.3, -0.25) is 4.55 Å². The van der Waals surface area contributed by atoms with Gasteiger partial charge in [-0.2, -0.15) is 13.7 Å². The second-order valence-corrected chi connectivity index (χ2v) is 7.87. The summed E-state index contributed by atoms with van der Waals surface area (Å²) in [5, 5.41) is 10.1. The predicted molar refractivity (Wildman–Crippen MR) is 101 cm³/mol. The molecule has 0 saturated heterocycles. The van der Waals surface area contributed by atoms with Gasteiger partial charge >= 0.3 is 0 Å². The number of aromatic nitrogens is 1. The number of H-pyrrole nitrogens is 1. The van der Waals surface area contributed by atoms with Crippen molar-refractivity contribution in [2.24, 2.45) is 0 Å². The topological polar surface area (TPSA) is 93.9 Å². The van der Waals surface area contributed by atoms with Crippen molar-refractivity contribution in [3.8, 4) is 6.07 Å². The summed E-state index contributed by atoms with van der Waals surface area (Å²) in [5.74, 6) is 0. The highest BCUT2D eigenvalue weighted by Crippen LogP contribution is 2.23. The van der Waals surface area contributed by atoms with E-state index >= 15 is 0 Å². The molecule has 134 valence electrons. The predicted octanol–water partition coefficient (Wildman–Crippen LogP) is 4.16. The SMILES string of the molecule is Cc1ccc(S(=O)(=O)O)c(CCCCc2c[nH]c3ccc(C#N)cc23)c1. The molecule has 26 heavy (non-hydrogen) atoms. The van der Waals surface area contributed by atoms with Crippen LogP contribution in [0.2, 0.25) is 0 Å². The lowest BCUT2D eigenvalue weighted by Gasteiger charge is -2.08. The minimum atomic E-state index is -4.20. The van der Waals surface area contributed by atoms with Crippen molar-refractivity contribution in [2.45, 2.75) is 37.5 Å². The van der Waals surface area contributed by atoms with Gasteiger partial charge in [0.1, 0.15) is 0 Å². The third-order valence-corrected chi connectivity index (χ3v) is 5.49. The average Bonchev–Trinajstić information content (AvgIpc) is 3.00. The number of hydrogen-bond donors (Lipinski definition) is 2. The normalized spacial score (nSPS) is 11.6. The summed E-state index contributed by atoms with van der Waals surface area (Å²) in [4.78, 5) is 3.21. The molecule has 0 fully saturated rings. The van der Waals surface area contributed by atoms with Crippen LogP contribution in [0.25, 0.3) is 10.9 Å². The summed E-state index contributed by atoms with van der Waals surface area (Å²) in [6.07, 6.45) is 5.06. The maximum absolute atomic E-state index is 11.5. The third kappa shape index (κ3) is 3.96. The van der Waals surface area contributed by atoms with Crippen LogP contribution in [0.15, 0.2) is 47.5 Å². The highest BCUT2D eigenvalue weighted by molar-refractivity contribution is 7.85. The summed E-state index contributed by atoms with van der Waals surface area (Å²) >= 11 is 0. The Kier molecular flexibility index (Phi) is 5.12. The fraction of sp³-hybridized carbons (Fsp3) is 0.250. The lowest BCUT2D eigenvalue weighted by Crippen LogP contribution is -2.04. The number of aryl methyl sites for hydroxylation is 3. The van der Waals surface area contributed by atoms with Gasteiger partial charge in [0.15, 0.2) is 0 Å². The first-order chi connectivity index (χ1) is 12.4. The zero-order valence-corrected chi connectivity index (χ0v) is 15.3. The molecule has 1 aromatic heterocycles. The molecule has 3 aromatic rings. The Bertz CT molecular complexity index is 1090. The Labute approximate surface area is 153 Å². The van der Waals surface area contributed by atoms with E-state index in [1.165, 1.54) is 6.07 Å². The molecule has 0 unspecified atom stereocenters. The van der Waals surface area contributed by atoms with Gasteiger partial charge in [-0.15, -0.1) is 0 Å². The lowest BCUT2D eigenvalue weighted by molar-refractivity contribution is 0.481. The standard InChI is InChI=1S/C20H20N2O3S/c1-14-6-9-20(26(23,24)25)16(10-14)4-2-3-5-17-13-22-19-8-7-15(12-21)11-18(17)19/h6-11,13,22H,2-5H2,1H3,(H,23,24,25). The average molecular weight is 368 g/mol. The first kappa shape index (κ1) is 18.2. The van der Waals surface area contributed by atoms with Crippen LogP contribution >= 0.6 is 0 Å². The Balaban J connectivity index is 1.69. The minimum Gasteiger partial charge on any atom is -0.361 e. The quantitative estimate of drug-likeness (QED) is 0.504. The molecule has 0 spiro atoms. The summed E-state index contributed by atoms with van der Waals surface area (Å²) in [6.45, 7) is 1.90. The van der Waals surface area contributed by atoms with Gasteiger partial charge in [-0.1, -0.05) is 17.7 Å². The second-order valence-electron chi connectivity index (χ2n) is 6.48. The molecule has 0 aliphatic rings. The maximum atomic E-state index is 11.5. The van der Waals surface area contributed by atoms with Crippen molar-refractivity contribution >= 4 is 21.0 Å². The Hall–Kier alpha value is -2.62. The van der Waals surface area contributed by atoms with Gasteiger partial charge in [0.05, 0.1) is 16.5 Å². The van der Waals surface area contributed by atoms with E-state index < -0.39 is 10.1 Å². The van der Waals surface area contributed by atoms with Gasteiger partial charge in [0.2, 0.25) is 0 Å². The van der Waals surface area contributed by atoms with Gasteiger partial charge < -0.3 is 4.98 Å². The van der Waals surface area contributed by atoms with Crippen molar-refractivity contribution < 1.29 is 13.0 Å². The second kappa shape index (κ2) is 7.32. The van der Waals surface area contributed by atoms with Crippen LogP contribution < -0.4 is 0 Å². The Morgan fingerprint density at radius 2 is 1.81 bits per heavy atom. The van der Waals surface area contributed by atoms with Crippen LogP contribution in [0, 0.1) is 18.3 Å². The number of rotatable bonds is 6. The van der Waals surface area contributed by atoms with Gasteiger partial charge in [0.25, 0.3) is 10.1 Å². The van der Waals surface area contributed by atoms with E-state index in [2.05, 4.69) is 11.1 Å². The number of unbranched alkanes of at least 4 members (excludes halogenated alkanes) is 1. The molecule has 5 nitrogen and oxygen atoms in total. The molecular formula is C20H20N2O3S. The number of nitriles is 1. The molecule has 0 aliphatic carbocycles. The number of nitrogens with zero attached hydrogens (tertiary/aromatic N) is 1. The largest absolute Gasteiger partial charge is 0.361 e. The molecule has 2 N–H and O–H groups in total. The van der Waals surface area contributed by atoms with Crippen LogP contribution in [0.1, 0.15) is 35.1 Å². The molecule has 2 aromatic carbocycles. The van der Waals surface area contributed by atoms with Crippen LogP contribution in [0.3, 0.4) is 0 Å². The van der Waals surface area contributed by atoms with E-state index in [0.717, 1.165) is 41.3 Å². The smallest absolute Gasteiger partial charge is 0.294 e. The Morgan fingerprint density at radius 1 is 1.08 bits per heavy atom. The van der Waals surface area contributed by atoms with E-state index in [9.17, 15) is 13.0 Å². The number of benzene rings is 2. The zero-order chi connectivity index (χ0) is 18.7. The van der Waals surface area contributed by atoms with E-state index in [1.807, 2.05) is 31.3 Å². The minimum absolute atomic E-state index is 0.00569. The first-order valence-electron chi connectivity index (χ1n) is 8.45. The van der Waals surface area contributed by atoms with Crippen LogP contribution in [0.4, 0.5) is 0 Å². The van der Waals surface area contributed by atoms with Crippen LogP contribution in [-0.4, -0.2) is 18.0 Å². The first-order valence-corrected chi connectivity index (χ1v) is 9.89. The third-order valence-electron chi connectivity index (χ3n) is 4.53. The molecule has 0 amide bonds. The van der Waals surface area contributed by atoms with E-state index in [4.69, 9.17) is 5.26 Å².